The smallest absolute Gasteiger partial charge is 0.243 e. The van der Waals surface area contributed by atoms with Crippen molar-refractivity contribution < 1.29 is 17.6 Å². The standard InChI is InChI=1S/C20H24ClFN2O3S/c1-3-4-12-23-20(25)14-24(13-17-18(21)6-5-7-19(17)22)28(26,27)16-10-8-15(2)9-11-16/h5-11H,3-4,12-14H2,1-2H3,(H,23,25). The Morgan fingerprint density at radius 3 is 2.46 bits per heavy atom. The molecular weight excluding hydrogens is 403 g/mol. The minimum absolute atomic E-state index is 0.0289. The summed E-state index contributed by atoms with van der Waals surface area (Å²) in [7, 11) is -4.03. The number of nitrogens with one attached hydrogen (secondary N) is 1. The second-order valence-corrected chi connectivity index (χ2v) is 8.84. The zero-order chi connectivity index (χ0) is 20.7. The van der Waals surface area contributed by atoms with Crippen molar-refractivity contribution in [3.63, 3.8) is 0 Å². The van der Waals surface area contributed by atoms with Gasteiger partial charge in [-0.1, -0.05) is 48.7 Å². The van der Waals surface area contributed by atoms with Crippen molar-refractivity contribution in [3.05, 3.63) is 64.4 Å². The third kappa shape index (κ3) is 5.77. The van der Waals surface area contributed by atoms with Crippen molar-refractivity contribution in [3.8, 4) is 0 Å². The molecule has 0 aromatic heterocycles. The molecule has 0 fully saturated rings. The number of benzene rings is 2. The summed E-state index contributed by atoms with van der Waals surface area (Å²) >= 11 is 6.07. The molecular formula is C20H24ClFN2O3S. The maximum Gasteiger partial charge on any atom is 0.243 e. The molecule has 5 nitrogen and oxygen atoms in total. The van der Waals surface area contributed by atoms with Crippen LogP contribution in [0.1, 0.15) is 30.9 Å². The van der Waals surface area contributed by atoms with Gasteiger partial charge in [0.2, 0.25) is 15.9 Å². The van der Waals surface area contributed by atoms with Crippen LogP contribution in [-0.4, -0.2) is 31.7 Å². The molecule has 2 aromatic rings. The first-order chi connectivity index (χ1) is 13.3. The van der Waals surface area contributed by atoms with Crippen LogP contribution in [-0.2, 0) is 21.4 Å². The van der Waals surface area contributed by atoms with E-state index >= 15 is 0 Å². The zero-order valence-corrected chi connectivity index (χ0v) is 17.5. The Labute approximate surface area is 170 Å². The SMILES string of the molecule is CCCCNC(=O)CN(Cc1c(F)cccc1Cl)S(=O)(=O)c1ccc(C)cc1. The lowest BCUT2D eigenvalue weighted by atomic mass is 10.2. The number of hydrogen-bond acceptors (Lipinski definition) is 3. The van der Waals surface area contributed by atoms with E-state index in [-0.39, 0.29) is 22.0 Å². The van der Waals surface area contributed by atoms with E-state index in [9.17, 15) is 17.6 Å². The van der Waals surface area contributed by atoms with Crippen LogP contribution in [0.4, 0.5) is 4.39 Å². The van der Waals surface area contributed by atoms with E-state index in [0.717, 1.165) is 22.7 Å². The molecule has 0 radical (unpaired) electrons. The first-order valence-corrected chi connectivity index (χ1v) is 10.8. The van der Waals surface area contributed by atoms with Gasteiger partial charge in [-0.25, -0.2) is 12.8 Å². The molecule has 1 N–H and O–H groups in total. The maximum absolute atomic E-state index is 14.2. The van der Waals surface area contributed by atoms with Crippen LogP contribution in [0.15, 0.2) is 47.4 Å². The number of rotatable bonds is 9. The molecule has 8 heteroatoms. The second-order valence-electron chi connectivity index (χ2n) is 6.49. The molecule has 0 aliphatic heterocycles. The molecule has 0 aliphatic carbocycles. The molecule has 0 unspecified atom stereocenters. The summed E-state index contributed by atoms with van der Waals surface area (Å²) in [5.41, 5.74) is 0.932. The minimum atomic E-state index is -4.03. The van der Waals surface area contributed by atoms with Gasteiger partial charge in [0.05, 0.1) is 11.4 Å². The van der Waals surface area contributed by atoms with Crippen LogP contribution in [0, 0.1) is 12.7 Å². The Morgan fingerprint density at radius 2 is 1.86 bits per heavy atom. The lowest BCUT2D eigenvalue weighted by Gasteiger charge is -2.23. The zero-order valence-electron chi connectivity index (χ0n) is 15.9. The summed E-state index contributed by atoms with van der Waals surface area (Å²) in [4.78, 5) is 12.3. The highest BCUT2D eigenvalue weighted by Gasteiger charge is 2.28. The number of amides is 1. The van der Waals surface area contributed by atoms with Gasteiger partial charge in [-0.15, -0.1) is 0 Å². The van der Waals surface area contributed by atoms with Gasteiger partial charge in [-0.05, 0) is 37.6 Å². The number of aryl methyl sites for hydroxylation is 1. The van der Waals surface area contributed by atoms with Gasteiger partial charge in [0.15, 0.2) is 0 Å². The lowest BCUT2D eigenvalue weighted by Crippen LogP contribution is -2.40. The Morgan fingerprint density at radius 1 is 1.18 bits per heavy atom. The van der Waals surface area contributed by atoms with Gasteiger partial charge in [-0.3, -0.25) is 4.79 Å². The molecule has 0 saturated heterocycles. The molecule has 0 bridgehead atoms. The Bertz CT molecular complexity index is 897. The van der Waals surface area contributed by atoms with Gasteiger partial charge >= 0.3 is 0 Å². The van der Waals surface area contributed by atoms with Gasteiger partial charge in [0.25, 0.3) is 0 Å². The molecule has 0 atom stereocenters. The fourth-order valence-corrected chi connectivity index (χ4v) is 4.15. The molecule has 0 saturated carbocycles. The van der Waals surface area contributed by atoms with Crippen LogP contribution in [0.5, 0.6) is 0 Å². The first kappa shape index (κ1) is 22.3. The number of carbonyl (C=O) groups excluding carboxylic acids is 1. The van der Waals surface area contributed by atoms with Gasteiger partial charge < -0.3 is 5.32 Å². The van der Waals surface area contributed by atoms with E-state index < -0.39 is 28.3 Å². The normalized spacial score (nSPS) is 11.6. The highest BCUT2D eigenvalue weighted by atomic mass is 35.5. The fraction of sp³-hybridized carbons (Fsp3) is 0.350. The Hall–Kier alpha value is -1.96. The van der Waals surface area contributed by atoms with Crippen LogP contribution in [0.25, 0.3) is 0 Å². The molecule has 28 heavy (non-hydrogen) atoms. The highest BCUT2D eigenvalue weighted by molar-refractivity contribution is 7.89. The summed E-state index contributed by atoms with van der Waals surface area (Å²) < 4.78 is 41.4. The summed E-state index contributed by atoms with van der Waals surface area (Å²) in [5, 5.41) is 2.80. The summed E-state index contributed by atoms with van der Waals surface area (Å²) in [6.45, 7) is 3.51. The first-order valence-electron chi connectivity index (χ1n) is 9.02. The summed E-state index contributed by atoms with van der Waals surface area (Å²) in [6.07, 6.45) is 1.69. The Balaban J connectivity index is 2.35. The summed E-state index contributed by atoms with van der Waals surface area (Å²) in [5.74, 6) is -1.07. The lowest BCUT2D eigenvalue weighted by molar-refractivity contribution is -0.121. The predicted molar refractivity (Wildman–Crippen MR) is 108 cm³/mol. The molecule has 0 aliphatic rings. The van der Waals surface area contributed by atoms with Crippen LogP contribution in [0.2, 0.25) is 5.02 Å². The number of unbranched alkanes of at least 4 members (excludes halogenated alkanes) is 1. The number of hydrogen-bond donors (Lipinski definition) is 1. The Kier molecular flexibility index (Phi) is 7.98. The molecule has 152 valence electrons. The van der Waals surface area contributed by atoms with Crippen molar-refractivity contribution in [1.82, 2.24) is 9.62 Å². The van der Waals surface area contributed by atoms with E-state index in [0.29, 0.717) is 6.54 Å². The summed E-state index contributed by atoms with van der Waals surface area (Å²) in [6, 6.07) is 10.4. The van der Waals surface area contributed by atoms with Crippen LogP contribution < -0.4 is 5.32 Å². The minimum Gasteiger partial charge on any atom is -0.355 e. The van der Waals surface area contributed by atoms with E-state index in [1.807, 2.05) is 13.8 Å². The van der Waals surface area contributed by atoms with Gasteiger partial charge in [0.1, 0.15) is 5.82 Å². The van der Waals surface area contributed by atoms with E-state index in [1.54, 1.807) is 12.1 Å². The molecule has 2 aromatic carbocycles. The van der Waals surface area contributed by atoms with Crippen LogP contribution >= 0.6 is 11.6 Å². The number of sulfonamides is 1. The number of carbonyl (C=O) groups is 1. The van der Waals surface area contributed by atoms with Crippen molar-refractivity contribution in [2.45, 2.75) is 38.1 Å². The third-order valence-corrected chi connectivity index (χ3v) is 6.39. The van der Waals surface area contributed by atoms with Crippen LogP contribution in [0.3, 0.4) is 0 Å². The average molecular weight is 427 g/mol. The maximum atomic E-state index is 14.2. The quantitative estimate of drug-likeness (QED) is 0.618. The van der Waals surface area contributed by atoms with E-state index in [4.69, 9.17) is 11.6 Å². The molecule has 2 rings (SSSR count). The molecule has 0 spiro atoms. The van der Waals surface area contributed by atoms with Crippen molar-refractivity contribution in [1.29, 1.82) is 0 Å². The van der Waals surface area contributed by atoms with E-state index in [1.165, 1.54) is 30.3 Å². The molecule has 0 heterocycles. The van der Waals surface area contributed by atoms with Gasteiger partial charge in [0, 0.05) is 23.7 Å². The third-order valence-electron chi connectivity index (χ3n) is 4.23. The van der Waals surface area contributed by atoms with E-state index in [2.05, 4.69) is 5.32 Å². The van der Waals surface area contributed by atoms with Gasteiger partial charge in [-0.2, -0.15) is 4.31 Å². The average Bonchev–Trinajstić information content (AvgIpc) is 2.64. The highest BCUT2D eigenvalue weighted by Crippen LogP contribution is 2.24. The van der Waals surface area contributed by atoms with Crippen molar-refractivity contribution in [2.24, 2.45) is 0 Å². The predicted octanol–water partition coefficient (Wildman–Crippen LogP) is 3.89. The number of halogens is 2. The topological polar surface area (TPSA) is 66.5 Å². The fourth-order valence-electron chi connectivity index (χ4n) is 2.57. The monoisotopic (exact) mass is 426 g/mol. The number of nitrogens with zero attached hydrogens (tertiary/aromatic N) is 1. The second kappa shape index (κ2) is 10.0. The van der Waals surface area contributed by atoms with Crippen molar-refractivity contribution in [2.75, 3.05) is 13.1 Å². The molecule has 1 amide bonds. The van der Waals surface area contributed by atoms with Crippen molar-refractivity contribution >= 4 is 27.5 Å². The largest absolute Gasteiger partial charge is 0.355 e.